The molecule has 2 heterocycles. The van der Waals surface area contributed by atoms with Crippen LogP contribution in [0.4, 0.5) is 5.95 Å². The van der Waals surface area contributed by atoms with Crippen molar-refractivity contribution in [3.05, 3.63) is 30.6 Å². The molecule has 2 rings (SSSR count). The van der Waals surface area contributed by atoms with Crippen LogP contribution in [0, 0.1) is 5.92 Å². The van der Waals surface area contributed by atoms with E-state index in [1.807, 2.05) is 31.1 Å². The number of nitrogens with zero attached hydrogens (tertiary/aromatic N) is 4. The van der Waals surface area contributed by atoms with Gasteiger partial charge in [-0.15, -0.1) is 0 Å². The molecule has 6 heteroatoms. The first-order valence-corrected chi connectivity index (χ1v) is 7.76. The number of carbonyl (C=O) groups excluding carboxylic acids is 1. The van der Waals surface area contributed by atoms with E-state index in [9.17, 15) is 4.79 Å². The molecule has 6 nitrogen and oxygen atoms in total. The van der Waals surface area contributed by atoms with Gasteiger partial charge in [0.25, 0.3) is 0 Å². The summed E-state index contributed by atoms with van der Waals surface area (Å²) in [5.74, 6) is 1.21. The lowest BCUT2D eigenvalue weighted by Gasteiger charge is -2.32. The van der Waals surface area contributed by atoms with E-state index in [4.69, 9.17) is 0 Å². The number of nitrogens with one attached hydrogen (secondary N) is 1. The molecule has 0 aromatic carbocycles. The minimum absolute atomic E-state index is 0.0186. The molecule has 1 N–H and O–H groups in total. The molecule has 1 aromatic rings. The third-order valence-corrected chi connectivity index (χ3v) is 3.66. The lowest BCUT2D eigenvalue weighted by Crippen LogP contribution is -2.41. The molecule has 1 amide bonds. The van der Waals surface area contributed by atoms with Crippen LogP contribution < -0.4 is 10.2 Å². The maximum absolute atomic E-state index is 11.8. The second-order valence-electron chi connectivity index (χ2n) is 5.91. The van der Waals surface area contributed by atoms with Gasteiger partial charge in [0.15, 0.2) is 0 Å². The van der Waals surface area contributed by atoms with Gasteiger partial charge in [-0.05, 0) is 38.9 Å². The summed E-state index contributed by atoms with van der Waals surface area (Å²) in [6.45, 7) is 3.35. The summed E-state index contributed by atoms with van der Waals surface area (Å²) >= 11 is 0. The third-order valence-electron chi connectivity index (χ3n) is 3.66. The largest absolute Gasteiger partial charge is 0.352 e. The Morgan fingerprint density at radius 1 is 1.45 bits per heavy atom. The first kappa shape index (κ1) is 16.4. The Bertz CT molecular complexity index is 489. The second kappa shape index (κ2) is 8.48. The average molecular weight is 303 g/mol. The van der Waals surface area contributed by atoms with Crippen LogP contribution >= 0.6 is 0 Å². The number of hydrogen-bond donors (Lipinski definition) is 1. The summed E-state index contributed by atoms with van der Waals surface area (Å²) in [4.78, 5) is 24.6. The van der Waals surface area contributed by atoms with Gasteiger partial charge in [0, 0.05) is 44.6 Å². The highest BCUT2D eigenvalue weighted by Gasteiger charge is 2.21. The van der Waals surface area contributed by atoms with Gasteiger partial charge in [-0.3, -0.25) is 4.79 Å². The van der Waals surface area contributed by atoms with E-state index < -0.39 is 0 Å². The molecule has 1 aliphatic rings. The molecule has 120 valence electrons. The van der Waals surface area contributed by atoms with E-state index in [-0.39, 0.29) is 5.91 Å². The first-order valence-electron chi connectivity index (χ1n) is 7.76. The monoisotopic (exact) mass is 303 g/mol. The van der Waals surface area contributed by atoms with Crippen molar-refractivity contribution < 1.29 is 4.79 Å². The standard InChI is InChI=1S/C16H25N5O/c1-20(2)10-4-7-15(22)19-12-14-6-3-11-21(13-14)16-17-8-5-9-18-16/h4-5,7-9,14H,3,6,10-13H2,1-2H3,(H,19,22)/b7-4+. The Balaban J connectivity index is 1.76. The zero-order valence-electron chi connectivity index (χ0n) is 13.4. The molecule has 0 spiro atoms. The van der Waals surface area contributed by atoms with Gasteiger partial charge in [-0.2, -0.15) is 0 Å². The lowest BCUT2D eigenvalue weighted by molar-refractivity contribution is -0.116. The summed E-state index contributed by atoms with van der Waals surface area (Å²) in [6, 6.07) is 1.82. The number of amides is 1. The van der Waals surface area contributed by atoms with Gasteiger partial charge in [0.1, 0.15) is 0 Å². The van der Waals surface area contributed by atoms with Crippen molar-refractivity contribution in [2.24, 2.45) is 5.92 Å². The Morgan fingerprint density at radius 2 is 2.23 bits per heavy atom. The van der Waals surface area contributed by atoms with Crippen LogP contribution in [0.2, 0.25) is 0 Å². The summed E-state index contributed by atoms with van der Waals surface area (Å²) in [6.07, 6.45) is 9.26. The molecule has 1 atom stereocenters. The molecule has 1 saturated heterocycles. The van der Waals surface area contributed by atoms with E-state index in [0.29, 0.717) is 12.5 Å². The molecular weight excluding hydrogens is 278 g/mol. The SMILES string of the molecule is CN(C)C/C=C/C(=O)NCC1CCCN(c2ncccn2)C1. The quantitative estimate of drug-likeness (QED) is 0.792. The fourth-order valence-corrected chi connectivity index (χ4v) is 2.54. The van der Waals surface area contributed by atoms with E-state index in [2.05, 4.69) is 20.2 Å². The third kappa shape index (κ3) is 5.44. The molecule has 22 heavy (non-hydrogen) atoms. The van der Waals surface area contributed by atoms with Crippen LogP contribution in [-0.4, -0.2) is 61.0 Å². The summed E-state index contributed by atoms with van der Waals surface area (Å²) in [5, 5.41) is 2.99. The average Bonchev–Trinajstić information content (AvgIpc) is 2.54. The van der Waals surface area contributed by atoms with E-state index in [1.165, 1.54) is 0 Å². The molecule has 0 saturated carbocycles. The van der Waals surface area contributed by atoms with Crippen LogP contribution in [0.15, 0.2) is 30.6 Å². The van der Waals surface area contributed by atoms with Crippen molar-refractivity contribution in [1.82, 2.24) is 20.2 Å². The van der Waals surface area contributed by atoms with Gasteiger partial charge in [0.05, 0.1) is 0 Å². The van der Waals surface area contributed by atoms with Crippen molar-refractivity contribution in [1.29, 1.82) is 0 Å². The zero-order valence-corrected chi connectivity index (χ0v) is 13.4. The van der Waals surface area contributed by atoms with Crippen molar-refractivity contribution >= 4 is 11.9 Å². The Kier molecular flexibility index (Phi) is 6.33. The maximum atomic E-state index is 11.8. The number of piperidine rings is 1. The molecule has 1 aromatic heterocycles. The van der Waals surface area contributed by atoms with Gasteiger partial charge < -0.3 is 15.1 Å². The molecule has 1 fully saturated rings. The normalized spacial score (nSPS) is 18.9. The summed E-state index contributed by atoms with van der Waals surface area (Å²) in [7, 11) is 3.95. The number of likely N-dealkylation sites (N-methyl/N-ethyl adjacent to an activating group) is 1. The molecule has 0 radical (unpaired) electrons. The molecule has 1 unspecified atom stereocenters. The van der Waals surface area contributed by atoms with Gasteiger partial charge in [-0.25, -0.2) is 9.97 Å². The van der Waals surface area contributed by atoms with Crippen molar-refractivity contribution in [3.8, 4) is 0 Å². The molecule has 0 aliphatic carbocycles. The topological polar surface area (TPSA) is 61.4 Å². The van der Waals surface area contributed by atoms with Crippen LogP contribution in [0.1, 0.15) is 12.8 Å². The van der Waals surface area contributed by atoms with E-state index >= 15 is 0 Å². The smallest absolute Gasteiger partial charge is 0.243 e. The van der Waals surface area contributed by atoms with Crippen LogP contribution in [0.25, 0.3) is 0 Å². The lowest BCUT2D eigenvalue weighted by atomic mass is 9.98. The van der Waals surface area contributed by atoms with Gasteiger partial charge >= 0.3 is 0 Å². The number of rotatable bonds is 6. The number of hydrogen-bond acceptors (Lipinski definition) is 5. The summed E-state index contributed by atoms with van der Waals surface area (Å²) in [5.41, 5.74) is 0. The maximum Gasteiger partial charge on any atom is 0.243 e. The number of aromatic nitrogens is 2. The predicted octanol–water partition coefficient (Wildman–Crippen LogP) is 0.927. The minimum atomic E-state index is -0.0186. The Labute approximate surface area is 132 Å². The van der Waals surface area contributed by atoms with E-state index in [0.717, 1.165) is 38.4 Å². The number of anilines is 1. The Hall–Kier alpha value is -1.95. The van der Waals surface area contributed by atoms with Crippen LogP contribution in [-0.2, 0) is 4.79 Å². The van der Waals surface area contributed by atoms with Gasteiger partial charge in [0.2, 0.25) is 11.9 Å². The van der Waals surface area contributed by atoms with Crippen LogP contribution in [0.3, 0.4) is 0 Å². The minimum Gasteiger partial charge on any atom is -0.352 e. The highest BCUT2D eigenvalue weighted by Crippen LogP contribution is 2.19. The number of carbonyl (C=O) groups is 1. The van der Waals surface area contributed by atoms with Crippen LogP contribution in [0.5, 0.6) is 0 Å². The zero-order chi connectivity index (χ0) is 15.8. The van der Waals surface area contributed by atoms with Gasteiger partial charge in [-0.1, -0.05) is 6.08 Å². The van der Waals surface area contributed by atoms with Crippen molar-refractivity contribution in [3.63, 3.8) is 0 Å². The van der Waals surface area contributed by atoms with E-state index in [1.54, 1.807) is 18.5 Å². The van der Waals surface area contributed by atoms with Crippen molar-refractivity contribution in [2.45, 2.75) is 12.8 Å². The Morgan fingerprint density at radius 3 is 2.95 bits per heavy atom. The fraction of sp³-hybridized carbons (Fsp3) is 0.562. The second-order valence-corrected chi connectivity index (χ2v) is 5.91. The predicted molar refractivity (Wildman–Crippen MR) is 87.7 cm³/mol. The fourth-order valence-electron chi connectivity index (χ4n) is 2.54. The van der Waals surface area contributed by atoms with Crippen molar-refractivity contribution in [2.75, 3.05) is 45.2 Å². The molecule has 1 aliphatic heterocycles. The molecule has 0 bridgehead atoms. The summed E-state index contributed by atoms with van der Waals surface area (Å²) < 4.78 is 0. The first-order chi connectivity index (χ1) is 10.6. The highest BCUT2D eigenvalue weighted by atomic mass is 16.1. The molecular formula is C16H25N5O. The highest BCUT2D eigenvalue weighted by molar-refractivity contribution is 5.87.